The van der Waals surface area contributed by atoms with Crippen LogP contribution in [0.5, 0.6) is 0 Å². The highest BCUT2D eigenvalue weighted by atomic mass is 35.5. The van der Waals surface area contributed by atoms with Gasteiger partial charge in [-0.15, -0.1) is 12.4 Å². The van der Waals surface area contributed by atoms with Crippen molar-refractivity contribution in [1.29, 1.82) is 0 Å². The summed E-state index contributed by atoms with van der Waals surface area (Å²) in [5.41, 5.74) is 8.03. The Bertz CT molecular complexity index is 622. The van der Waals surface area contributed by atoms with Gasteiger partial charge in [-0.3, -0.25) is 0 Å². The predicted octanol–water partition coefficient (Wildman–Crippen LogP) is 3.73. The van der Waals surface area contributed by atoms with Crippen LogP contribution in [0.4, 0.5) is 5.69 Å². The van der Waals surface area contributed by atoms with Crippen molar-refractivity contribution in [3.05, 3.63) is 30.1 Å². The highest BCUT2D eigenvalue weighted by molar-refractivity contribution is 5.85. The Balaban J connectivity index is 0.00000192. The molecule has 1 saturated carbocycles. The maximum absolute atomic E-state index is 6.24. The minimum atomic E-state index is -0.373. The third-order valence-electron chi connectivity index (χ3n) is 4.47. The molecule has 1 aromatic heterocycles. The zero-order chi connectivity index (χ0) is 15.6. The van der Waals surface area contributed by atoms with Gasteiger partial charge in [-0.1, -0.05) is 12.1 Å². The van der Waals surface area contributed by atoms with Gasteiger partial charge in [0.05, 0.1) is 5.54 Å². The molecule has 0 amide bonds. The summed E-state index contributed by atoms with van der Waals surface area (Å²) in [4.78, 5) is 6.84. The Labute approximate surface area is 143 Å². The molecular formula is C17H25ClN4O. The van der Waals surface area contributed by atoms with Crippen LogP contribution >= 0.6 is 12.4 Å². The molecule has 1 fully saturated rings. The van der Waals surface area contributed by atoms with Gasteiger partial charge in [0, 0.05) is 24.3 Å². The van der Waals surface area contributed by atoms with Crippen LogP contribution in [-0.4, -0.2) is 23.2 Å². The zero-order valence-electron chi connectivity index (χ0n) is 13.8. The molecule has 0 spiro atoms. The van der Waals surface area contributed by atoms with Gasteiger partial charge in [0.2, 0.25) is 0 Å². The standard InChI is InChI=1S/C17H24N4O.ClH/c1-3-12-21(4-2)14-8-6-13(7-9-14)15-19-16(20-22-15)17(18)10-5-11-17;/h6-9H,3-5,10-12,18H2,1-2H3;1H. The molecule has 23 heavy (non-hydrogen) atoms. The van der Waals surface area contributed by atoms with E-state index in [1.54, 1.807) is 0 Å². The van der Waals surface area contributed by atoms with E-state index in [0.29, 0.717) is 11.7 Å². The van der Waals surface area contributed by atoms with Crippen molar-refractivity contribution in [3.8, 4) is 11.5 Å². The summed E-state index contributed by atoms with van der Waals surface area (Å²) < 4.78 is 5.39. The third kappa shape index (κ3) is 3.51. The lowest BCUT2D eigenvalue weighted by atomic mass is 9.77. The first kappa shape index (κ1) is 17.8. The van der Waals surface area contributed by atoms with Gasteiger partial charge >= 0.3 is 0 Å². The second-order valence-corrected chi connectivity index (χ2v) is 6.06. The fourth-order valence-electron chi connectivity index (χ4n) is 2.88. The normalized spacial score (nSPS) is 15.6. The largest absolute Gasteiger partial charge is 0.372 e. The molecule has 0 bridgehead atoms. The number of halogens is 1. The molecular weight excluding hydrogens is 312 g/mol. The average molecular weight is 337 g/mol. The first-order valence-corrected chi connectivity index (χ1v) is 8.14. The number of hydrogen-bond acceptors (Lipinski definition) is 5. The second-order valence-electron chi connectivity index (χ2n) is 6.06. The molecule has 0 aliphatic heterocycles. The van der Waals surface area contributed by atoms with Gasteiger partial charge in [-0.25, -0.2) is 0 Å². The quantitative estimate of drug-likeness (QED) is 0.870. The van der Waals surface area contributed by atoms with Gasteiger partial charge in [0.25, 0.3) is 5.89 Å². The van der Waals surface area contributed by atoms with Crippen LogP contribution in [0.3, 0.4) is 0 Å². The first-order valence-electron chi connectivity index (χ1n) is 8.14. The Kier molecular flexibility index (Phi) is 5.65. The van der Waals surface area contributed by atoms with Crippen molar-refractivity contribution < 1.29 is 4.52 Å². The number of hydrogen-bond donors (Lipinski definition) is 1. The molecule has 3 rings (SSSR count). The summed E-state index contributed by atoms with van der Waals surface area (Å²) in [5.74, 6) is 1.19. The fraction of sp³-hybridized carbons (Fsp3) is 0.529. The smallest absolute Gasteiger partial charge is 0.257 e. The van der Waals surface area contributed by atoms with E-state index in [1.807, 2.05) is 12.1 Å². The van der Waals surface area contributed by atoms with E-state index in [9.17, 15) is 0 Å². The highest BCUT2D eigenvalue weighted by Crippen LogP contribution is 2.37. The number of rotatable bonds is 6. The van der Waals surface area contributed by atoms with Crippen LogP contribution in [0.25, 0.3) is 11.5 Å². The zero-order valence-corrected chi connectivity index (χ0v) is 14.6. The number of benzene rings is 1. The minimum Gasteiger partial charge on any atom is -0.372 e. The predicted molar refractivity (Wildman–Crippen MR) is 94.9 cm³/mol. The Morgan fingerprint density at radius 3 is 2.43 bits per heavy atom. The van der Waals surface area contributed by atoms with Crippen LogP contribution in [0.15, 0.2) is 28.8 Å². The molecule has 0 atom stereocenters. The van der Waals surface area contributed by atoms with Gasteiger partial charge in [-0.2, -0.15) is 4.98 Å². The minimum absolute atomic E-state index is 0. The van der Waals surface area contributed by atoms with E-state index < -0.39 is 0 Å². The van der Waals surface area contributed by atoms with Crippen LogP contribution in [0.2, 0.25) is 0 Å². The van der Waals surface area contributed by atoms with Gasteiger partial charge in [0.1, 0.15) is 0 Å². The summed E-state index contributed by atoms with van der Waals surface area (Å²) in [5, 5.41) is 4.07. The van der Waals surface area contributed by atoms with Crippen LogP contribution in [0.1, 0.15) is 45.4 Å². The lowest BCUT2D eigenvalue weighted by Crippen LogP contribution is -2.44. The summed E-state index contributed by atoms with van der Waals surface area (Å²) in [6.45, 7) is 6.44. The van der Waals surface area contributed by atoms with Gasteiger partial charge < -0.3 is 15.2 Å². The van der Waals surface area contributed by atoms with Crippen molar-refractivity contribution in [1.82, 2.24) is 10.1 Å². The third-order valence-corrected chi connectivity index (χ3v) is 4.47. The summed E-state index contributed by atoms with van der Waals surface area (Å²) in [6, 6.07) is 8.30. The van der Waals surface area contributed by atoms with E-state index in [4.69, 9.17) is 10.3 Å². The van der Waals surface area contributed by atoms with E-state index >= 15 is 0 Å². The molecule has 0 radical (unpaired) electrons. The molecule has 2 aromatic rings. The topological polar surface area (TPSA) is 68.2 Å². The number of nitrogens with zero attached hydrogens (tertiary/aromatic N) is 3. The van der Waals surface area contributed by atoms with E-state index in [2.05, 4.69) is 41.0 Å². The number of anilines is 1. The molecule has 1 heterocycles. The van der Waals surface area contributed by atoms with Crippen LogP contribution in [-0.2, 0) is 5.54 Å². The second kappa shape index (κ2) is 7.32. The maximum atomic E-state index is 6.24. The van der Waals surface area contributed by atoms with Crippen molar-refractivity contribution in [3.63, 3.8) is 0 Å². The van der Waals surface area contributed by atoms with E-state index in [0.717, 1.165) is 44.3 Å². The summed E-state index contributed by atoms with van der Waals surface area (Å²) >= 11 is 0. The SMILES string of the molecule is CCCN(CC)c1ccc(-c2nc(C3(N)CCC3)no2)cc1.Cl. The Morgan fingerprint density at radius 1 is 1.22 bits per heavy atom. The average Bonchev–Trinajstić information content (AvgIpc) is 3.01. The number of nitrogens with two attached hydrogens (primary N) is 1. The first-order chi connectivity index (χ1) is 10.7. The molecule has 1 aliphatic carbocycles. The van der Waals surface area contributed by atoms with Crippen molar-refractivity contribution in [2.45, 2.75) is 45.1 Å². The monoisotopic (exact) mass is 336 g/mol. The molecule has 6 heteroatoms. The number of aromatic nitrogens is 2. The Hall–Kier alpha value is -1.59. The summed E-state index contributed by atoms with van der Waals surface area (Å²) in [6.07, 6.45) is 4.15. The Morgan fingerprint density at radius 2 is 1.91 bits per heavy atom. The molecule has 0 saturated heterocycles. The lowest BCUT2D eigenvalue weighted by molar-refractivity contribution is 0.229. The van der Waals surface area contributed by atoms with Gasteiger partial charge in [-0.05, 0) is 56.9 Å². The molecule has 0 unspecified atom stereocenters. The van der Waals surface area contributed by atoms with Crippen molar-refractivity contribution in [2.75, 3.05) is 18.0 Å². The van der Waals surface area contributed by atoms with Crippen LogP contribution < -0.4 is 10.6 Å². The van der Waals surface area contributed by atoms with E-state index in [1.165, 1.54) is 5.69 Å². The fourth-order valence-corrected chi connectivity index (χ4v) is 2.88. The molecule has 1 aromatic carbocycles. The maximum Gasteiger partial charge on any atom is 0.257 e. The molecule has 126 valence electrons. The molecule has 1 aliphatic rings. The molecule has 2 N–H and O–H groups in total. The lowest BCUT2D eigenvalue weighted by Gasteiger charge is -2.34. The summed E-state index contributed by atoms with van der Waals surface area (Å²) in [7, 11) is 0. The molecule has 5 nitrogen and oxygen atoms in total. The van der Waals surface area contributed by atoms with E-state index in [-0.39, 0.29) is 17.9 Å². The van der Waals surface area contributed by atoms with Crippen molar-refractivity contribution in [2.24, 2.45) is 5.73 Å². The van der Waals surface area contributed by atoms with Crippen molar-refractivity contribution >= 4 is 18.1 Å². The van der Waals surface area contributed by atoms with Gasteiger partial charge in [0.15, 0.2) is 5.82 Å². The van der Waals surface area contributed by atoms with Crippen LogP contribution in [0, 0.1) is 0 Å². The highest BCUT2D eigenvalue weighted by Gasteiger charge is 2.39.